The molecule has 0 unspecified atom stereocenters. The number of rotatable bonds is 12. The monoisotopic (exact) mass is 478 g/mol. The fourth-order valence-electron chi connectivity index (χ4n) is 3.07. The van der Waals surface area contributed by atoms with Crippen LogP contribution in [0.25, 0.3) is 0 Å². The highest BCUT2D eigenvalue weighted by atomic mass is 32.2. The van der Waals surface area contributed by atoms with Gasteiger partial charge in [0.2, 0.25) is 11.1 Å². The molecular formula is C19H26N8O5S. The maximum Gasteiger partial charge on any atom is 0.330 e. The van der Waals surface area contributed by atoms with Gasteiger partial charge in [-0.15, -0.1) is 5.10 Å². The van der Waals surface area contributed by atoms with Gasteiger partial charge in [0.25, 0.3) is 5.56 Å². The molecular weight excluding hydrogens is 452 g/mol. The van der Waals surface area contributed by atoms with Crippen LogP contribution >= 0.6 is 11.8 Å². The Labute approximate surface area is 192 Å². The van der Waals surface area contributed by atoms with Gasteiger partial charge in [0, 0.05) is 20.2 Å². The van der Waals surface area contributed by atoms with Gasteiger partial charge < -0.3 is 19.8 Å². The lowest BCUT2D eigenvalue weighted by atomic mass is 10.3. The van der Waals surface area contributed by atoms with Crippen LogP contribution in [-0.4, -0.2) is 61.7 Å². The zero-order valence-electron chi connectivity index (χ0n) is 18.4. The minimum absolute atomic E-state index is 0.0608. The summed E-state index contributed by atoms with van der Waals surface area (Å²) in [6, 6.07) is 3.54. The topological polar surface area (TPSA) is 167 Å². The Hall–Kier alpha value is -3.39. The minimum atomic E-state index is -0.734. The third kappa shape index (κ3) is 5.90. The Kier molecular flexibility index (Phi) is 8.43. The summed E-state index contributed by atoms with van der Waals surface area (Å²) in [6.45, 7) is 2.84. The van der Waals surface area contributed by atoms with Crippen LogP contribution in [0, 0.1) is 0 Å². The van der Waals surface area contributed by atoms with Crippen molar-refractivity contribution in [3.63, 3.8) is 0 Å². The molecule has 0 aliphatic heterocycles. The van der Waals surface area contributed by atoms with Crippen molar-refractivity contribution in [1.29, 1.82) is 0 Å². The van der Waals surface area contributed by atoms with Crippen molar-refractivity contribution in [2.45, 2.75) is 38.0 Å². The van der Waals surface area contributed by atoms with Crippen LogP contribution < -0.4 is 21.9 Å². The molecule has 0 radical (unpaired) electrons. The summed E-state index contributed by atoms with van der Waals surface area (Å²) in [6.07, 6.45) is 3.07. The lowest BCUT2D eigenvalue weighted by Gasteiger charge is -2.24. The van der Waals surface area contributed by atoms with Gasteiger partial charge in [0.1, 0.15) is 18.1 Å². The van der Waals surface area contributed by atoms with Crippen LogP contribution in [0.5, 0.6) is 0 Å². The van der Waals surface area contributed by atoms with E-state index in [4.69, 9.17) is 14.9 Å². The van der Waals surface area contributed by atoms with Crippen LogP contribution in [0.4, 0.5) is 11.5 Å². The van der Waals surface area contributed by atoms with E-state index < -0.39 is 17.2 Å². The first-order chi connectivity index (χ1) is 16.0. The SMILES string of the molecule is CCCCn1c(N)c(N(CCOC)C(=O)CSc2nnnn2Cc2ccco2)c(=O)[nH]c1=O. The van der Waals surface area contributed by atoms with E-state index in [0.29, 0.717) is 30.4 Å². The summed E-state index contributed by atoms with van der Waals surface area (Å²) in [4.78, 5) is 41.5. The summed E-state index contributed by atoms with van der Waals surface area (Å²) in [5.41, 5.74) is 4.76. The second-order valence-corrected chi connectivity index (χ2v) is 7.97. The summed E-state index contributed by atoms with van der Waals surface area (Å²) >= 11 is 1.10. The molecule has 0 spiro atoms. The third-order valence-electron chi connectivity index (χ3n) is 4.75. The van der Waals surface area contributed by atoms with Gasteiger partial charge in [0.05, 0.1) is 18.6 Å². The van der Waals surface area contributed by atoms with Crippen LogP contribution in [0.1, 0.15) is 25.5 Å². The molecule has 3 aromatic heterocycles. The summed E-state index contributed by atoms with van der Waals surface area (Å²) in [7, 11) is 1.48. The van der Waals surface area contributed by atoms with Crippen molar-refractivity contribution in [2.75, 3.05) is 36.6 Å². The predicted molar refractivity (Wildman–Crippen MR) is 121 cm³/mol. The zero-order chi connectivity index (χ0) is 23.8. The fraction of sp³-hybridized carbons (Fsp3) is 0.474. The molecule has 0 atom stereocenters. The predicted octanol–water partition coefficient (Wildman–Crippen LogP) is 0.318. The maximum atomic E-state index is 13.1. The highest BCUT2D eigenvalue weighted by Gasteiger charge is 2.25. The molecule has 0 aliphatic rings. The Morgan fingerprint density at radius 3 is 2.91 bits per heavy atom. The normalized spacial score (nSPS) is 11.1. The Morgan fingerprint density at radius 1 is 1.39 bits per heavy atom. The first kappa shape index (κ1) is 24.3. The number of nitrogens with zero attached hydrogens (tertiary/aromatic N) is 6. The zero-order valence-corrected chi connectivity index (χ0v) is 19.2. The van der Waals surface area contributed by atoms with Crippen molar-refractivity contribution in [3.05, 3.63) is 45.0 Å². The van der Waals surface area contributed by atoms with Gasteiger partial charge in [-0.05, 0) is 29.0 Å². The number of carbonyl (C=O) groups excluding carboxylic acids is 1. The van der Waals surface area contributed by atoms with E-state index >= 15 is 0 Å². The number of hydrogen-bond acceptors (Lipinski definition) is 10. The number of hydrogen-bond donors (Lipinski definition) is 2. The van der Waals surface area contributed by atoms with Gasteiger partial charge in [-0.2, -0.15) is 0 Å². The number of H-pyrrole nitrogens is 1. The molecule has 14 heteroatoms. The summed E-state index contributed by atoms with van der Waals surface area (Å²) in [5.74, 6) is 0.109. The molecule has 33 heavy (non-hydrogen) atoms. The van der Waals surface area contributed by atoms with Crippen LogP contribution in [-0.2, 0) is 22.6 Å². The van der Waals surface area contributed by atoms with Gasteiger partial charge in [0.15, 0.2) is 5.69 Å². The maximum absolute atomic E-state index is 13.1. The number of nitrogen functional groups attached to an aromatic ring is 1. The molecule has 3 aromatic rings. The highest BCUT2D eigenvalue weighted by Crippen LogP contribution is 2.21. The Balaban J connectivity index is 1.83. The number of methoxy groups -OCH3 is 1. The average Bonchev–Trinajstić information content (AvgIpc) is 3.46. The van der Waals surface area contributed by atoms with E-state index in [1.165, 1.54) is 21.3 Å². The van der Waals surface area contributed by atoms with E-state index in [0.717, 1.165) is 18.2 Å². The summed E-state index contributed by atoms with van der Waals surface area (Å²) < 4.78 is 13.2. The third-order valence-corrected chi connectivity index (χ3v) is 5.69. The Morgan fingerprint density at radius 2 is 2.21 bits per heavy atom. The number of tetrazole rings is 1. The van der Waals surface area contributed by atoms with Crippen LogP contribution in [0.2, 0.25) is 0 Å². The van der Waals surface area contributed by atoms with Crippen LogP contribution in [0.3, 0.4) is 0 Å². The molecule has 0 bridgehead atoms. The lowest BCUT2D eigenvalue weighted by molar-refractivity contribution is -0.116. The second-order valence-electron chi connectivity index (χ2n) is 7.02. The molecule has 0 saturated heterocycles. The van der Waals surface area contributed by atoms with Gasteiger partial charge in [-0.3, -0.25) is 19.1 Å². The second kappa shape index (κ2) is 11.5. The number of carbonyl (C=O) groups is 1. The molecule has 0 saturated carbocycles. The number of aromatic nitrogens is 6. The van der Waals surface area contributed by atoms with Gasteiger partial charge >= 0.3 is 5.69 Å². The van der Waals surface area contributed by atoms with Crippen molar-refractivity contribution < 1.29 is 13.9 Å². The van der Waals surface area contributed by atoms with Crippen molar-refractivity contribution >= 4 is 29.2 Å². The number of nitrogens with two attached hydrogens (primary N) is 1. The number of ether oxygens (including phenoxy) is 1. The quantitative estimate of drug-likeness (QED) is 0.346. The molecule has 3 rings (SSSR count). The molecule has 1 amide bonds. The minimum Gasteiger partial charge on any atom is -0.467 e. The van der Waals surface area contributed by atoms with Gasteiger partial charge in [-0.1, -0.05) is 25.1 Å². The van der Waals surface area contributed by atoms with E-state index in [1.807, 2.05) is 6.92 Å². The lowest BCUT2D eigenvalue weighted by Crippen LogP contribution is -2.43. The van der Waals surface area contributed by atoms with Crippen molar-refractivity contribution in [2.24, 2.45) is 0 Å². The average molecular weight is 479 g/mol. The standard InChI is InChI=1S/C19H26N8O5S/c1-3-4-7-26-16(20)15(17(29)21-18(26)30)25(8-10-31-2)14(28)12-33-19-22-23-24-27(19)11-13-6-5-9-32-13/h5-6,9H,3-4,7-8,10-12,20H2,1-2H3,(H,21,29,30). The summed E-state index contributed by atoms with van der Waals surface area (Å²) in [5, 5.41) is 11.9. The van der Waals surface area contributed by atoms with E-state index in [2.05, 4.69) is 20.5 Å². The first-order valence-electron chi connectivity index (χ1n) is 10.3. The molecule has 13 nitrogen and oxygen atoms in total. The van der Waals surface area contributed by atoms with Crippen LogP contribution in [0.15, 0.2) is 37.6 Å². The highest BCUT2D eigenvalue weighted by molar-refractivity contribution is 7.99. The molecule has 0 fully saturated rings. The number of furan rings is 1. The number of thioether (sulfide) groups is 1. The van der Waals surface area contributed by atoms with Crippen molar-refractivity contribution in [1.82, 2.24) is 29.8 Å². The van der Waals surface area contributed by atoms with E-state index in [1.54, 1.807) is 18.4 Å². The largest absolute Gasteiger partial charge is 0.467 e. The van der Waals surface area contributed by atoms with Gasteiger partial charge in [-0.25, -0.2) is 9.48 Å². The smallest absolute Gasteiger partial charge is 0.330 e. The molecule has 3 N–H and O–H groups in total. The van der Waals surface area contributed by atoms with Crippen molar-refractivity contribution in [3.8, 4) is 0 Å². The number of nitrogens with one attached hydrogen (secondary N) is 1. The number of anilines is 2. The number of aromatic amines is 1. The Bertz CT molecular complexity index is 1170. The fourth-order valence-corrected chi connectivity index (χ4v) is 3.83. The number of unbranched alkanes of at least 4 members (excludes halogenated alkanes) is 1. The molecule has 0 aromatic carbocycles. The molecule has 178 valence electrons. The molecule has 0 aliphatic carbocycles. The number of amides is 1. The molecule has 3 heterocycles. The first-order valence-corrected chi connectivity index (χ1v) is 11.3. The van der Waals surface area contributed by atoms with E-state index in [9.17, 15) is 14.4 Å². The van der Waals surface area contributed by atoms with E-state index in [-0.39, 0.29) is 30.4 Å².